The molecule has 3 fully saturated rings. The molecule has 9 rings (SSSR count). The van der Waals surface area contributed by atoms with Crippen molar-refractivity contribution in [1.29, 1.82) is 0 Å². The van der Waals surface area contributed by atoms with Crippen LogP contribution in [0, 0.1) is 5.41 Å². The zero-order valence-electron chi connectivity index (χ0n) is 32.1. The highest BCUT2D eigenvalue weighted by atomic mass is 35.5. The summed E-state index contributed by atoms with van der Waals surface area (Å²) in [4.78, 5) is 71.6. The number of aromatic hydroxyl groups is 1. The van der Waals surface area contributed by atoms with Gasteiger partial charge in [0, 0.05) is 62.7 Å². The second-order valence-electron chi connectivity index (χ2n) is 16.2. The Balaban J connectivity index is 0.803. The number of halogens is 1. The molecule has 0 bridgehead atoms. The van der Waals surface area contributed by atoms with Gasteiger partial charge in [0.25, 0.3) is 11.8 Å². The van der Waals surface area contributed by atoms with E-state index in [1.54, 1.807) is 24.3 Å². The van der Waals surface area contributed by atoms with Gasteiger partial charge in [0.05, 0.1) is 17.7 Å². The summed E-state index contributed by atoms with van der Waals surface area (Å²) >= 11 is 6.35. The molecule has 58 heavy (non-hydrogen) atoms. The van der Waals surface area contributed by atoms with Crippen molar-refractivity contribution >= 4 is 58.0 Å². The highest BCUT2D eigenvalue weighted by Gasteiger charge is 2.48. The maximum absolute atomic E-state index is 13.5. The lowest BCUT2D eigenvalue weighted by Crippen LogP contribution is -2.63. The summed E-state index contributed by atoms with van der Waals surface area (Å²) < 4.78 is 0. The molecule has 1 spiro atoms. The Bertz CT molecular complexity index is 2300. The first kappa shape index (κ1) is 37.8. The second-order valence-corrected chi connectivity index (χ2v) is 16.6. The fraction of sp³-hybridized carbons (Fsp3) is 0.326. The fourth-order valence-electron chi connectivity index (χ4n) is 9.47. The number of anilines is 1. The predicted molar refractivity (Wildman–Crippen MR) is 220 cm³/mol. The molecule has 5 aliphatic heterocycles. The molecule has 3 saturated heterocycles. The van der Waals surface area contributed by atoms with Crippen molar-refractivity contribution in [3.05, 3.63) is 130 Å². The SMILES string of the molecule is O=C1CCC(N2C(=O)c3cc4c(cc3C2=O)CN(CC(=O)N2CC3(CCN(c5ccc(C(=C(CCCl)c6ccccc6)c6ccc(O)cc6)cc5)CC3)C2)C4)C(=O)N1. The fourth-order valence-corrected chi connectivity index (χ4v) is 9.66. The van der Waals surface area contributed by atoms with Crippen LogP contribution < -0.4 is 10.2 Å². The van der Waals surface area contributed by atoms with Crippen LogP contribution in [0.5, 0.6) is 5.75 Å². The van der Waals surface area contributed by atoms with Gasteiger partial charge in [-0.3, -0.25) is 39.1 Å². The van der Waals surface area contributed by atoms with Gasteiger partial charge in [0.15, 0.2) is 0 Å². The molecule has 4 aromatic carbocycles. The molecule has 0 aromatic heterocycles. The third-order valence-electron chi connectivity index (χ3n) is 12.6. The maximum Gasteiger partial charge on any atom is 0.262 e. The summed E-state index contributed by atoms with van der Waals surface area (Å²) in [5.41, 5.74) is 9.10. The van der Waals surface area contributed by atoms with Crippen LogP contribution in [0.15, 0.2) is 91.0 Å². The third kappa shape index (κ3) is 6.96. The minimum atomic E-state index is -0.997. The number of hydrogen-bond donors (Lipinski definition) is 2. The standard InChI is InChI=1S/C46H44ClN5O6/c47-19-16-36(29-4-2-1-3-5-29)42(31-8-12-35(53)13-9-31)30-6-10-34(11-7-30)50-20-17-46(18-21-50)27-51(28-46)41(55)26-49-24-32-22-37-38(23-33(32)25-49)45(58)52(44(37)57)39-14-15-40(54)48-43(39)56/h1-13,22-23,39,53H,14-21,24-28H2,(H,48,54,56). The Morgan fingerprint density at radius 1 is 0.793 bits per heavy atom. The van der Waals surface area contributed by atoms with Gasteiger partial charge in [-0.25, -0.2) is 0 Å². The number of alkyl halides is 1. The first-order chi connectivity index (χ1) is 28.1. The number of hydrogen-bond acceptors (Lipinski definition) is 8. The van der Waals surface area contributed by atoms with E-state index >= 15 is 0 Å². The Morgan fingerprint density at radius 2 is 1.40 bits per heavy atom. The summed E-state index contributed by atoms with van der Waals surface area (Å²) in [6.07, 6.45) is 2.90. The van der Waals surface area contributed by atoms with Gasteiger partial charge in [0.1, 0.15) is 11.8 Å². The summed E-state index contributed by atoms with van der Waals surface area (Å²) in [7, 11) is 0. The van der Waals surface area contributed by atoms with Gasteiger partial charge in [0.2, 0.25) is 17.7 Å². The number of phenolic OH excluding ortho intramolecular Hbond substituents is 1. The van der Waals surface area contributed by atoms with E-state index in [0.717, 1.165) is 82.9 Å². The Kier molecular flexibility index (Phi) is 9.89. The molecule has 5 aliphatic rings. The van der Waals surface area contributed by atoms with E-state index in [0.29, 0.717) is 25.4 Å². The van der Waals surface area contributed by atoms with Crippen molar-refractivity contribution in [3.63, 3.8) is 0 Å². The number of imide groups is 2. The number of carbonyl (C=O) groups excluding carboxylic acids is 5. The molecule has 5 amide bonds. The molecule has 5 heterocycles. The van der Waals surface area contributed by atoms with Crippen LogP contribution in [-0.4, -0.2) is 94.0 Å². The van der Waals surface area contributed by atoms with Crippen molar-refractivity contribution in [2.24, 2.45) is 5.41 Å². The van der Waals surface area contributed by atoms with Gasteiger partial charge >= 0.3 is 0 Å². The predicted octanol–water partition coefficient (Wildman–Crippen LogP) is 5.83. The van der Waals surface area contributed by atoms with E-state index in [9.17, 15) is 29.1 Å². The molecule has 12 heteroatoms. The average molecular weight is 798 g/mol. The molecule has 1 unspecified atom stereocenters. The molecule has 11 nitrogen and oxygen atoms in total. The third-order valence-corrected chi connectivity index (χ3v) is 12.8. The molecule has 0 saturated carbocycles. The number of piperidine rings is 2. The van der Waals surface area contributed by atoms with Gasteiger partial charge < -0.3 is 14.9 Å². The number of fused-ring (bicyclic) bond motifs is 2. The van der Waals surface area contributed by atoms with Crippen molar-refractivity contribution in [1.82, 2.24) is 20.0 Å². The molecule has 4 aromatic rings. The molecule has 2 N–H and O–H groups in total. The smallest absolute Gasteiger partial charge is 0.262 e. The first-order valence-electron chi connectivity index (χ1n) is 20.0. The Morgan fingerprint density at radius 3 is 1.98 bits per heavy atom. The van der Waals surface area contributed by atoms with E-state index in [1.165, 1.54) is 5.69 Å². The van der Waals surface area contributed by atoms with Crippen LogP contribution in [0.2, 0.25) is 0 Å². The van der Waals surface area contributed by atoms with Crippen molar-refractivity contribution < 1.29 is 29.1 Å². The Hall–Kier alpha value is -5.78. The minimum Gasteiger partial charge on any atom is -0.508 e. The van der Waals surface area contributed by atoms with E-state index in [-0.39, 0.29) is 47.6 Å². The molecule has 0 aliphatic carbocycles. The van der Waals surface area contributed by atoms with Crippen LogP contribution in [0.1, 0.15) is 80.6 Å². The first-order valence-corrected chi connectivity index (χ1v) is 20.5. The number of nitrogens with zero attached hydrogens (tertiary/aromatic N) is 4. The Labute approximate surface area is 341 Å². The summed E-state index contributed by atoms with van der Waals surface area (Å²) in [5, 5.41) is 12.3. The van der Waals surface area contributed by atoms with Gasteiger partial charge in [-0.15, -0.1) is 11.6 Å². The van der Waals surface area contributed by atoms with Crippen LogP contribution in [-0.2, 0) is 27.5 Å². The molecule has 296 valence electrons. The number of allylic oxidation sites excluding steroid dienone is 1. The second kappa shape index (κ2) is 15.2. The van der Waals surface area contributed by atoms with Crippen molar-refractivity contribution in [2.75, 3.05) is 43.5 Å². The molecular formula is C46H44ClN5O6. The monoisotopic (exact) mass is 797 g/mol. The number of amides is 5. The zero-order valence-corrected chi connectivity index (χ0v) is 32.8. The molecule has 1 atom stereocenters. The number of likely N-dealkylation sites (tertiary alicyclic amines) is 1. The van der Waals surface area contributed by atoms with Crippen LogP contribution in [0.4, 0.5) is 5.69 Å². The van der Waals surface area contributed by atoms with E-state index < -0.39 is 29.7 Å². The van der Waals surface area contributed by atoms with E-state index in [2.05, 4.69) is 46.6 Å². The van der Waals surface area contributed by atoms with E-state index in [4.69, 9.17) is 11.6 Å². The van der Waals surface area contributed by atoms with Gasteiger partial charge in [-0.2, -0.15) is 0 Å². The van der Waals surface area contributed by atoms with Gasteiger partial charge in [-0.1, -0.05) is 54.6 Å². The number of rotatable bonds is 9. The van der Waals surface area contributed by atoms with Crippen molar-refractivity contribution in [2.45, 2.75) is 51.2 Å². The normalized spacial score (nSPS) is 20.5. The summed E-state index contributed by atoms with van der Waals surface area (Å²) in [6, 6.07) is 28.9. The largest absolute Gasteiger partial charge is 0.508 e. The highest BCUT2D eigenvalue weighted by Crippen LogP contribution is 2.43. The number of nitrogens with one attached hydrogen (secondary N) is 1. The summed E-state index contributed by atoms with van der Waals surface area (Å²) in [5.74, 6) is -1.28. The lowest BCUT2D eigenvalue weighted by molar-refractivity contribution is -0.146. The van der Waals surface area contributed by atoms with Crippen LogP contribution in [0.25, 0.3) is 11.1 Å². The van der Waals surface area contributed by atoms with Crippen LogP contribution in [0.3, 0.4) is 0 Å². The number of benzene rings is 4. The highest BCUT2D eigenvalue weighted by molar-refractivity contribution is 6.23. The lowest BCUT2D eigenvalue weighted by Gasteiger charge is -2.54. The lowest BCUT2D eigenvalue weighted by atomic mass is 9.72. The maximum atomic E-state index is 13.5. The zero-order chi connectivity index (χ0) is 40.1. The van der Waals surface area contributed by atoms with E-state index in [1.807, 2.05) is 40.1 Å². The number of carbonyl (C=O) groups is 5. The van der Waals surface area contributed by atoms with Crippen LogP contribution >= 0.6 is 11.6 Å². The topological polar surface area (TPSA) is 131 Å². The average Bonchev–Trinajstić information content (AvgIpc) is 3.72. The number of phenols is 1. The summed E-state index contributed by atoms with van der Waals surface area (Å²) in [6.45, 7) is 4.56. The molecular weight excluding hydrogens is 754 g/mol. The van der Waals surface area contributed by atoms with Crippen molar-refractivity contribution in [3.8, 4) is 5.75 Å². The minimum absolute atomic E-state index is 0.0743. The molecule has 0 radical (unpaired) electrons. The van der Waals surface area contributed by atoms with Gasteiger partial charge in [-0.05, 0) is 101 Å². The quantitative estimate of drug-likeness (QED) is 0.123.